The standard InChI is InChI=1S/C42H52N4O2S.C2HF3O2/c47-41(43-29-13-9-27(10-14-29)21-24-45-36-17-18-37(45)32-6-2-1-5-31(32)36)35-23-26-49-40(35)42(48)44-30-15-11-28(12-16-30)22-25-46-38-19-20-39(46)34-8-4-3-7-33(34)38;3-2(4,5)1(6)7/h1-8,23,26-30,36-39H,9-22,24-25H2,(H,43,47)(H,44,48);(H,6,7)/t27?,28?,29?,30?,36-,37?,38-,39+;/m1./s1. The van der Waals surface area contributed by atoms with Gasteiger partial charge in [-0.2, -0.15) is 13.2 Å². The molecule has 4 aliphatic heterocycles. The number of hydrogen-bond acceptors (Lipinski definition) is 6. The van der Waals surface area contributed by atoms with Gasteiger partial charge < -0.3 is 15.7 Å². The quantitative estimate of drug-likeness (QED) is 0.189. The molecule has 0 radical (unpaired) electrons. The van der Waals surface area contributed by atoms with Crippen molar-refractivity contribution >= 4 is 29.1 Å². The maximum Gasteiger partial charge on any atom is 0.490 e. The van der Waals surface area contributed by atoms with Gasteiger partial charge in [-0.3, -0.25) is 19.4 Å². The van der Waals surface area contributed by atoms with Gasteiger partial charge in [-0.1, -0.05) is 48.5 Å². The SMILES string of the molecule is O=C(NC1CCC(CCN2C3CC[C@@H]2c2ccccc23)CC1)c1ccsc1C(=O)NC1CCC(CCN2[C@@H]3CC[C@H]2c2ccccc23)CC1.O=C(O)C(F)(F)F. The molecule has 8 nitrogen and oxygen atoms in total. The topological polar surface area (TPSA) is 102 Å². The Kier molecular flexibility index (Phi) is 11.6. The molecule has 2 aliphatic carbocycles. The number of alkyl halides is 3. The van der Waals surface area contributed by atoms with E-state index >= 15 is 0 Å². The highest BCUT2D eigenvalue weighted by Crippen LogP contribution is 2.54. The van der Waals surface area contributed by atoms with Gasteiger partial charge in [0.15, 0.2) is 0 Å². The van der Waals surface area contributed by atoms with Crippen LogP contribution in [0.2, 0.25) is 0 Å². The Morgan fingerprint density at radius 2 is 0.982 bits per heavy atom. The number of thiophene rings is 1. The van der Waals surface area contributed by atoms with Crippen molar-refractivity contribution in [2.45, 2.75) is 132 Å². The molecule has 4 fully saturated rings. The van der Waals surface area contributed by atoms with Gasteiger partial charge in [-0.25, -0.2) is 4.79 Å². The first-order valence-corrected chi connectivity index (χ1v) is 21.6. The second kappa shape index (κ2) is 16.6. The Labute approximate surface area is 331 Å². The summed E-state index contributed by atoms with van der Waals surface area (Å²) >= 11 is 1.40. The predicted octanol–water partition coefficient (Wildman–Crippen LogP) is 9.52. The number of carbonyl (C=O) groups is 3. The lowest BCUT2D eigenvalue weighted by Crippen LogP contribution is -2.40. The van der Waals surface area contributed by atoms with E-state index in [1.54, 1.807) is 22.3 Å². The first-order chi connectivity index (χ1) is 27.0. The zero-order valence-corrected chi connectivity index (χ0v) is 32.6. The van der Waals surface area contributed by atoms with Gasteiger partial charge >= 0.3 is 12.1 Å². The predicted molar refractivity (Wildman–Crippen MR) is 209 cm³/mol. The number of aliphatic carboxylic acids is 1. The van der Waals surface area contributed by atoms with Crippen LogP contribution in [0.5, 0.6) is 0 Å². The first kappa shape index (κ1) is 39.1. The average molecular weight is 791 g/mol. The van der Waals surface area contributed by atoms with Crippen molar-refractivity contribution in [3.8, 4) is 0 Å². The highest BCUT2D eigenvalue weighted by atomic mass is 32.1. The molecular weight excluding hydrogens is 738 g/mol. The second-order valence-electron chi connectivity index (χ2n) is 16.9. The zero-order chi connectivity index (χ0) is 39.0. The van der Waals surface area contributed by atoms with Gasteiger partial charge in [-0.15, -0.1) is 11.3 Å². The highest BCUT2D eigenvalue weighted by Gasteiger charge is 2.44. The largest absolute Gasteiger partial charge is 0.490 e. The monoisotopic (exact) mass is 790 g/mol. The summed E-state index contributed by atoms with van der Waals surface area (Å²) in [4.78, 5) is 41.8. The number of nitrogens with one attached hydrogen (secondary N) is 2. The van der Waals surface area contributed by atoms with Crippen LogP contribution in [-0.2, 0) is 4.79 Å². The van der Waals surface area contributed by atoms with Crippen LogP contribution in [-0.4, -0.2) is 64.0 Å². The van der Waals surface area contributed by atoms with Crippen molar-refractivity contribution in [2.24, 2.45) is 11.8 Å². The molecule has 12 heteroatoms. The zero-order valence-electron chi connectivity index (χ0n) is 31.8. The molecule has 5 heterocycles. The minimum absolute atomic E-state index is 0.0725. The molecule has 0 spiro atoms. The van der Waals surface area contributed by atoms with Crippen molar-refractivity contribution in [2.75, 3.05) is 13.1 Å². The van der Waals surface area contributed by atoms with Crippen molar-refractivity contribution < 1.29 is 32.7 Å². The Bertz CT molecular complexity index is 1700. The number of rotatable bonds is 10. The summed E-state index contributed by atoms with van der Waals surface area (Å²) < 4.78 is 31.7. The fourth-order valence-electron chi connectivity index (χ4n) is 11.0. The lowest BCUT2D eigenvalue weighted by Gasteiger charge is -2.31. The highest BCUT2D eigenvalue weighted by molar-refractivity contribution is 7.12. The molecule has 2 saturated heterocycles. The number of hydrogen-bond donors (Lipinski definition) is 3. The van der Waals surface area contributed by atoms with Gasteiger partial charge in [-0.05, 0) is 149 Å². The van der Waals surface area contributed by atoms with E-state index in [1.807, 2.05) is 11.4 Å². The number of halogens is 3. The molecule has 56 heavy (non-hydrogen) atoms. The van der Waals surface area contributed by atoms with Gasteiger partial charge in [0.1, 0.15) is 4.88 Å². The molecule has 3 aromatic rings. The fraction of sp³-hybridized carbons (Fsp3) is 0.568. The smallest absolute Gasteiger partial charge is 0.475 e. The third-order valence-corrected chi connectivity index (χ3v) is 14.7. The third kappa shape index (κ3) is 8.16. The van der Waals surface area contributed by atoms with E-state index in [1.165, 1.54) is 88.6 Å². The maximum absolute atomic E-state index is 13.4. The Morgan fingerprint density at radius 1 is 0.607 bits per heavy atom. The Hall–Kier alpha value is -3.74. The maximum atomic E-state index is 13.4. The molecule has 2 aromatic carbocycles. The summed E-state index contributed by atoms with van der Waals surface area (Å²) in [5, 5.41) is 15.6. The van der Waals surface area contributed by atoms with Crippen molar-refractivity contribution in [1.82, 2.24) is 20.4 Å². The van der Waals surface area contributed by atoms with E-state index in [2.05, 4.69) is 69.0 Å². The van der Waals surface area contributed by atoms with Crippen molar-refractivity contribution in [1.29, 1.82) is 0 Å². The second-order valence-corrected chi connectivity index (χ2v) is 17.8. The minimum Gasteiger partial charge on any atom is -0.475 e. The summed E-state index contributed by atoms with van der Waals surface area (Å²) in [6.45, 7) is 2.38. The van der Waals surface area contributed by atoms with E-state index in [0.29, 0.717) is 34.6 Å². The normalized spacial score (nSPS) is 29.3. The lowest BCUT2D eigenvalue weighted by molar-refractivity contribution is -0.192. The summed E-state index contributed by atoms with van der Waals surface area (Å²) in [7, 11) is 0. The molecule has 9 rings (SSSR count). The van der Waals surface area contributed by atoms with Crippen molar-refractivity contribution in [3.63, 3.8) is 0 Å². The molecule has 3 N–H and O–H groups in total. The van der Waals surface area contributed by atoms with Crippen LogP contribution in [0.4, 0.5) is 13.2 Å². The number of benzene rings is 2. The molecule has 300 valence electrons. The number of fused-ring (bicyclic) bond motifs is 10. The number of carboxylic acid groups (broad SMARTS) is 1. The number of amides is 2. The summed E-state index contributed by atoms with van der Waals surface area (Å²) in [6.07, 6.45) is 11.5. The average Bonchev–Trinajstić information content (AvgIpc) is 4.04. The van der Waals surface area contributed by atoms with Crippen LogP contribution < -0.4 is 10.6 Å². The summed E-state index contributed by atoms with van der Waals surface area (Å²) in [5.41, 5.74) is 6.83. The number of carbonyl (C=O) groups excluding carboxylic acids is 2. The summed E-state index contributed by atoms with van der Waals surface area (Å²) in [5.74, 6) is -1.43. The van der Waals surface area contributed by atoms with Gasteiger partial charge in [0.2, 0.25) is 0 Å². The van der Waals surface area contributed by atoms with Crippen molar-refractivity contribution in [3.05, 3.63) is 92.7 Å². The molecule has 1 aromatic heterocycles. The Balaban J connectivity index is 0.000000579. The molecule has 6 aliphatic rings. The number of nitrogens with zero attached hydrogens (tertiary/aromatic N) is 2. The molecule has 4 bridgehead atoms. The van der Waals surface area contributed by atoms with E-state index in [4.69, 9.17) is 9.90 Å². The molecular formula is C44H53F3N4O4S. The summed E-state index contributed by atoms with van der Waals surface area (Å²) in [6, 6.07) is 22.9. The molecule has 1 unspecified atom stereocenters. The van der Waals surface area contributed by atoms with Crippen LogP contribution in [0.25, 0.3) is 0 Å². The third-order valence-electron chi connectivity index (χ3n) is 13.8. The van der Waals surface area contributed by atoms with Crippen LogP contribution >= 0.6 is 11.3 Å². The van der Waals surface area contributed by atoms with Gasteiger partial charge in [0.05, 0.1) is 5.56 Å². The van der Waals surface area contributed by atoms with E-state index in [9.17, 15) is 22.8 Å². The van der Waals surface area contributed by atoms with Gasteiger partial charge in [0, 0.05) is 36.3 Å². The molecule has 2 saturated carbocycles. The molecule has 2 amide bonds. The van der Waals surface area contributed by atoms with E-state index < -0.39 is 12.1 Å². The van der Waals surface area contributed by atoms with Crippen LogP contribution in [0.15, 0.2) is 60.0 Å². The number of carboxylic acids is 1. The Morgan fingerprint density at radius 3 is 1.36 bits per heavy atom. The lowest BCUT2D eigenvalue weighted by atomic mass is 9.83. The molecule has 4 atom stereocenters. The van der Waals surface area contributed by atoms with Crippen LogP contribution in [0, 0.1) is 11.8 Å². The van der Waals surface area contributed by atoms with Gasteiger partial charge in [0.25, 0.3) is 11.8 Å². The van der Waals surface area contributed by atoms with Crippen LogP contribution in [0.3, 0.4) is 0 Å². The van der Waals surface area contributed by atoms with Crippen LogP contribution in [0.1, 0.15) is 156 Å². The van der Waals surface area contributed by atoms with E-state index in [-0.39, 0.29) is 23.9 Å². The van der Waals surface area contributed by atoms with E-state index in [0.717, 1.165) is 37.5 Å². The fourth-order valence-corrected chi connectivity index (χ4v) is 11.8. The minimum atomic E-state index is -5.08. The first-order valence-electron chi connectivity index (χ1n) is 20.7.